The van der Waals surface area contributed by atoms with Gasteiger partial charge < -0.3 is 16.0 Å². The highest BCUT2D eigenvalue weighted by molar-refractivity contribution is 5.93. The van der Waals surface area contributed by atoms with Crippen LogP contribution in [0.3, 0.4) is 0 Å². The molecule has 1 fully saturated rings. The topological polar surface area (TPSA) is 84.1 Å². The van der Waals surface area contributed by atoms with Gasteiger partial charge in [-0.15, -0.1) is 0 Å². The number of hydrogen-bond acceptors (Lipinski definition) is 5. The maximum absolute atomic E-state index is 11.1. The number of nitrogens with one attached hydrogen (secondary N) is 1. The van der Waals surface area contributed by atoms with Crippen molar-refractivity contribution in [2.75, 3.05) is 17.3 Å². The minimum atomic E-state index is -0.436. The Labute approximate surface area is 148 Å². The van der Waals surface area contributed by atoms with Crippen molar-refractivity contribution in [2.45, 2.75) is 45.1 Å². The summed E-state index contributed by atoms with van der Waals surface area (Å²) in [5.41, 5.74) is 7.64. The average molecular weight is 339 g/mol. The molecule has 0 unspecified atom stereocenters. The van der Waals surface area contributed by atoms with E-state index in [4.69, 9.17) is 10.7 Å². The zero-order valence-electron chi connectivity index (χ0n) is 14.8. The minimum Gasteiger partial charge on any atom is -0.366 e. The van der Waals surface area contributed by atoms with Crippen LogP contribution in [0.4, 0.5) is 17.5 Å². The molecule has 2 aromatic rings. The van der Waals surface area contributed by atoms with Crippen LogP contribution < -0.4 is 16.0 Å². The van der Waals surface area contributed by atoms with Crippen molar-refractivity contribution >= 4 is 23.4 Å². The fourth-order valence-corrected chi connectivity index (χ4v) is 3.34. The maximum Gasteiger partial charge on any atom is 0.248 e. The van der Waals surface area contributed by atoms with Crippen LogP contribution in [0.2, 0.25) is 0 Å². The van der Waals surface area contributed by atoms with E-state index >= 15 is 0 Å². The molecule has 0 radical (unpaired) electrons. The molecule has 1 heterocycles. The van der Waals surface area contributed by atoms with Crippen LogP contribution >= 0.6 is 0 Å². The first-order valence-electron chi connectivity index (χ1n) is 8.78. The summed E-state index contributed by atoms with van der Waals surface area (Å²) in [5, 5.41) is 3.19. The number of nitrogens with two attached hydrogens (primary N) is 1. The van der Waals surface area contributed by atoms with E-state index in [9.17, 15) is 4.79 Å². The monoisotopic (exact) mass is 339 g/mol. The van der Waals surface area contributed by atoms with Crippen molar-refractivity contribution in [3.8, 4) is 0 Å². The first-order chi connectivity index (χ1) is 12.0. The van der Waals surface area contributed by atoms with E-state index < -0.39 is 5.91 Å². The number of primary amides is 1. The molecule has 1 aromatic carbocycles. The molecule has 0 spiro atoms. The predicted molar refractivity (Wildman–Crippen MR) is 100 cm³/mol. The number of nitrogens with zero attached hydrogens (tertiary/aromatic N) is 3. The zero-order valence-corrected chi connectivity index (χ0v) is 14.8. The molecule has 0 bridgehead atoms. The molecule has 0 atom stereocenters. The van der Waals surface area contributed by atoms with Crippen LogP contribution in [0.15, 0.2) is 30.5 Å². The van der Waals surface area contributed by atoms with E-state index in [1.807, 2.05) is 13.1 Å². The Kier molecular flexibility index (Phi) is 5.16. The Morgan fingerprint density at radius 2 is 1.88 bits per heavy atom. The molecule has 25 heavy (non-hydrogen) atoms. The van der Waals surface area contributed by atoms with Crippen molar-refractivity contribution in [2.24, 2.45) is 5.73 Å². The zero-order chi connectivity index (χ0) is 17.8. The Morgan fingerprint density at radius 3 is 2.52 bits per heavy atom. The maximum atomic E-state index is 11.1. The third-order valence-electron chi connectivity index (χ3n) is 4.83. The first kappa shape index (κ1) is 17.2. The molecule has 6 nitrogen and oxygen atoms in total. The molecule has 1 aromatic heterocycles. The van der Waals surface area contributed by atoms with Gasteiger partial charge in [0.25, 0.3) is 0 Å². The summed E-state index contributed by atoms with van der Waals surface area (Å²) in [6, 6.07) is 7.52. The number of benzene rings is 1. The van der Waals surface area contributed by atoms with Crippen molar-refractivity contribution in [1.29, 1.82) is 0 Å². The smallest absolute Gasteiger partial charge is 0.248 e. The van der Waals surface area contributed by atoms with E-state index in [0.717, 1.165) is 17.1 Å². The standard InChI is InChI=1S/C19H25N5O/c1-13-12-21-19(22-15-10-8-14(9-11-15)17(20)25)23-18(13)24(2)16-6-4-3-5-7-16/h8-12,16H,3-7H2,1-2H3,(H2,20,25)(H,21,22,23). The molecule has 1 aliphatic carbocycles. The molecule has 0 aliphatic heterocycles. The van der Waals surface area contributed by atoms with E-state index in [1.54, 1.807) is 24.3 Å². The molecule has 6 heteroatoms. The lowest BCUT2D eigenvalue weighted by atomic mass is 9.94. The molecule has 1 aliphatic rings. The summed E-state index contributed by atoms with van der Waals surface area (Å²) in [6.45, 7) is 2.04. The number of aromatic nitrogens is 2. The molecule has 1 saturated carbocycles. The summed E-state index contributed by atoms with van der Waals surface area (Å²) < 4.78 is 0. The normalized spacial score (nSPS) is 15.0. The van der Waals surface area contributed by atoms with Gasteiger partial charge >= 0.3 is 0 Å². The lowest BCUT2D eigenvalue weighted by Crippen LogP contribution is -2.34. The summed E-state index contributed by atoms with van der Waals surface area (Å²) in [7, 11) is 2.12. The summed E-state index contributed by atoms with van der Waals surface area (Å²) in [4.78, 5) is 22.5. The van der Waals surface area contributed by atoms with Crippen molar-refractivity contribution in [3.63, 3.8) is 0 Å². The fraction of sp³-hybridized carbons (Fsp3) is 0.421. The van der Waals surface area contributed by atoms with Gasteiger partial charge in [0.15, 0.2) is 0 Å². The van der Waals surface area contributed by atoms with Gasteiger partial charge in [-0.05, 0) is 44.0 Å². The summed E-state index contributed by atoms with van der Waals surface area (Å²) in [5.74, 6) is 1.09. The predicted octanol–water partition coefficient (Wildman–Crippen LogP) is 3.40. The van der Waals surface area contributed by atoms with Crippen LogP contribution in [-0.2, 0) is 0 Å². The average Bonchev–Trinajstić information content (AvgIpc) is 2.64. The molecule has 3 N–H and O–H groups in total. The Morgan fingerprint density at radius 1 is 1.20 bits per heavy atom. The molecule has 1 amide bonds. The third kappa shape index (κ3) is 4.07. The SMILES string of the molecule is Cc1cnc(Nc2ccc(C(N)=O)cc2)nc1N(C)C1CCCCC1. The second kappa shape index (κ2) is 7.51. The van der Waals surface area contributed by atoms with Crippen LogP contribution in [-0.4, -0.2) is 29.0 Å². The quantitative estimate of drug-likeness (QED) is 0.872. The third-order valence-corrected chi connectivity index (χ3v) is 4.83. The molecule has 3 rings (SSSR count). The highest BCUT2D eigenvalue weighted by Gasteiger charge is 2.21. The molecular weight excluding hydrogens is 314 g/mol. The summed E-state index contributed by atoms with van der Waals surface area (Å²) >= 11 is 0. The largest absolute Gasteiger partial charge is 0.366 e. The van der Waals surface area contributed by atoms with Gasteiger partial charge in [0.05, 0.1) is 0 Å². The fourth-order valence-electron chi connectivity index (χ4n) is 3.34. The Balaban J connectivity index is 1.77. The van der Waals surface area contributed by atoms with E-state index in [1.165, 1.54) is 32.1 Å². The van der Waals surface area contributed by atoms with Gasteiger partial charge in [-0.3, -0.25) is 4.79 Å². The van der Waals surface area contributed by atoms with Crippen LogP contribution in [0.25, 0.3) is 0 Å². The first-order valence-corrected chi connectivity index (χ1v) is 8.78. The number of anilines is 3. The lowest BCUT2D eigenvalue weighted by Gasteiger charge is -2.33. The number of rotatable bonds is 5. The highest BCUT2D eigenvalue weighted by atomic mass is 16.1. The van der Waals surface area contributed by atoms with Crippen molar-refractivity contribution in [1.82, 2.24) is 9.97 Å². The van der Waals surface area contributed by atoms with Gasteiger partial charge in [0, 0.05) is 36.1 Å². The Bertz CT molecular complexity index is 738. The number of carbonyl (C=O) groups excluding carboxylic acids is 1. The Hall–Kier alpha value is -2.63. The highest BCUT2D eigenvalue weighted by Crippen LogP contribution is 2.27. The van der Waals surface area contributed by atoms with Crippen LogP contribution in [0, 0.1) is 6.92 Å². The number of aryl methyl sites for hydroxylation is 1. The molecule has 132 valence electrons. The van der Waals surface area contributed by atoms with E-state index in [0.29, 0.717) is 17.6 Å². The second-order valence-electron chi connectivity index (χ2n) is 6.67. The lowest BCUT2D eigenvalue weighted by molar-refractivity contribution is 0.100. The van der Waals surface area contributed by atoms with Crippen LogP contribution in [0.1, 0.15) is 48.0 Å². The number of hydrogen-bond donors (Lipinski definition) is 2. The van der Waals surface area contributed by atoms with Gasteiger partial charge in [0.2, 0.25) is 11.9 Å². The van der Waals surface area contributed by atoms with Gasteiger partial charge in [0.1, 0.15) is 5.82 Å². The number of carbonyl (C=O) groups is 1. The molecular formula is C19H25N5O. The second-order valence-corrected chi connectivity index (χ2v) is 6.67. The number of amides is 1. The minimum absolute atomic E-state index is 0.436. The summed E-state index contributed by atoms with van der Waals surface area (Å²) in [6.07, 6.45) is 8.20. The van der Waals surface area contributed by atoms with Gasteiger partial charge in [-0.1, -0.05) is 19.3 Å². The molecule has 0 saturated heterocycles. The van der Waals surface area contributed by atoms with Gasteiger partial charge in [-0.2, -0.15) is 4.98 Å². The van der Waals surface area contributed by atoms with Crippen molar-refractivity contribution < 1.29 is 4.79 Å². The van der Waals surface area contributed by atoms with Crippen LogP contribution in [0.5, 0.6) is 0 Å². The van der Waals surface area contributed by atoms with E-state index in [-0.39, 0.29) is 0 Å². The van der Waals surface area contributed by atoms with E-state index in [2.05, 4.69) is 22.2 Å². The van der Waals surface area contributed by atoms with Gasteiger partial charge in [-0.25, -0.2) is 4.98 Å². The van der Waals surface area contributed by atoms with Crippen molar-refractivity contribution in [3.05, 3.63) is 41.6 Å².